The van der Waals surface area contributed by atoms with E-state index in [4.69, 9.17) is 4.74 Å². The number of hydrogen-bond donors (Lipinski definition) is 1. The lowest BCUT2D eigenvalue weighted by Crippen LogP contribution is -2.42. The van der Waals surface area contributed by atoms with Crippen molar-refractivity contribution >= 4 is 27.4 Å². The van der Waals surface area contributed by atoms with Gasteiger partial charge in [0.15, 0.2) is 0 Å². The van der Waals surface area contributed by atoms with Crippen LogP contribution in [-0.4, -0.2) is 32.5 Å². The number of aryl methyl sites for hydroxylation is 1. The van der Waals surface area contributed by atoms with Crippen molar-refractivity contribution in [3.8, 4) is 5.75 Å². The first-order valence-electron chi connectivity index (χ1n) is 11.4. The third-order valence-electron chi connectivity index (χ3n) is 6.13. The first-order valence-corrected chi connectivity index (χ1v) is 12.9. The normalized spacial score (nSPS) is 14.4. The Morgan fingerprint density at radius 3 is 2.47 bits per heavy atom. The summed E-state index contributed by atoms with van der Waals surface area (Å²) >= 11 is 0. The van der Waals surface area contributed by atoms with Gasteiger partial charge in [-0.15, -0.1) is 0 Å². The molecule has 0 saturated heterocycles. The van der Waals surface area contributed by atoms with Crippen LogP contribution in [0.4, 0.5) is 11.5 Å². The molecule has 1 heterocycles. The number of hydrogen-bond acceptors (Lipinski definition) is 5. The highest BCUT2D eigenvalue weighted by molar-refractivity contribution is 7.92. The van der Waals surface area contributed by atoms with Crippen molar-refractivity contribution in [2.24, 2.45) is 0 Å². The fourth-order valence-corrected chi connectivity index (χ4v) is 5.72. The minimum atomic E-state index is -3.96. The smallest absolute Gasteiger partial charge is 0.262 e. The third kappa shape index (κ3) is 5.07. The maximum absolute atomic E-state index is 13.7. The molecule has 1 N–H and O–H groups in total. The van der Waals surface area contributed by atoms with Crippen LogP contribution in [0, 0.1) is 6.92 Å². The van der Waals surface area contributed by atoms with Crippen LogP contribution in [0.5, 0.6) is 5.75 Å². The summed E-state index contributed by atoms with van der Waals surface area (Å²) in [6.45, 7) is 1.71. The highest BCUT2D eigenvalue weighted by atomic mass is 32.2. The molecule has 0 atom stereocenters. The molecule has 3 aromatic rings. The van der Waals surface area contributed by atoms with Crippen LogP contribution in [0.25, 0.3) is 0 Å². The number of aromatic nitrogens is 1. The molecule has 1 saturated carbocycles. The first-order chi connectivity index (χ1) is 16.4. The zero-order valence-electron chi connectivity index (χ0n) is 19.4. The van der Waals surface area contributed by atoms with E-state index in [2.05, 4.69) is 9.71 Å². The maximum Gasteiger partial charge on any atom is 0.262 e. The second-order valence-electron chi connectivity index (χ2n) is 8.44. The summed E-state index contributed by atoms with van der Waals surface area (Å²) < 4.78 is 34.5. The molecule has 1 amide bonds. The van der Waals surface area contributed by atoms with Crippen molar-refractivity contribution in [2.75, 3.05) is 16.7 Å². The van der Waals surface area contributed by atoms with Gasteiger partial charge in [0, 0.05) is 17.8 Å². The Hall–Kier alpha value is -3.39. The Balaban J connectivity index is 1.70. The molecule has 2 aromatic carbocycles. The maximum atomic E-state index is 13.7. The predicted octanol–water partition coefficient (Wildman–Crippen LogP) is 5.18. The Labute approximate surface area is 200 Å². The molecule has 1 aliphatic rings. The summed E-state index contributed by atoms with van der Waals surface area (Å²) in [5.74, 6) is 0.741. The van der Waals surface area contributed by atoms with E-state index in [0.717, 1.165) is 32.1 Å². The van der Waals surface area contributed by atoms with Gasteiger partial charge in [0.05, 0.1) is 17.7 Å². The van der Waals surface area contributed by atoms with Gasteiger partial charge in [-0.05, 0) is 61.7 Å². The second-order valence-corrected chi connectivity index (χ2v) is 10.1. The molecule has 1 aliphatic carbocycles. The number of sulfonamides is 1. The van der Waals surface area contributed by atoms with Crippen molar-refractivity contribution in [1.82, 2.24) is 4.98 Å². The van der Waals surface area contributed by atoms with Crippen molar-refractivity contribution < 1.29 is 17.9 Å². The molecule has 0 radical (unpaired) electrons. The molecule has 0 spiro atoms. The minimum absolute atomic E-state index is 0.0317. The van der Waals surface area contributed by atoms with Crippen LogP contribution in [0.3, 0.4) is 0 Å². The molecular weight excluding hydrogens is 450 g/mol. The number of amides is 1. The van der Waals surface area contributed by atoms with Crippen LogP contribution < -0.4 is 14.4 Å². The van der Waals surface area contributed by atoms with E-state index in [1.807, 2.05) is 18.2 Å². The molecular formula is C26H29N3O4S. The lowest BCUT2D eigenvalue weighted by molar-refractivity contribution is 0.0969. The zero-order chi connectivity index (χ0) is 24.1. The van der Waals surface area contributed by atoms with Crippen LogP contribution in [0.15, 0.2) is 71.8 Å². The standard InChI is InChI=1S/C26H29N3O4S/c1-19-15-16-20(18-24(19)34(31,32)28-22-12-6-7-13-23(22)33-2)26(30)29(21-10-4-3-5-11-21)25-14-8-9-17-27-25/h6-9,12-18,21,28H,3-5,10-11H2,1-2H3. The third-order valence-corrected chi connectivity index (χ3v) is 7.64. The van der Waals surface area contributed by atoms with Gasteiger partial charge < -0.3 is 4.74 Å². The molecule has 1 fully saturated rings. The molecule has 0 unspecified atom stereocenters. The van der Waals surface area contributed by atoms with E-state index in [-0.39, 0.29) is 16.8 Å². The van der Waals surface area contributed by atoms with Crippen molar-refractivity contribution in [3.05, 3.63) is 78.0 Å². The number of carbonyl (C=O) groups excluding carboxylic acids is 1. The van der Waals surface area contributed by atoms with E-state index in [1.165, 1.54) is 13.2 Å². The van der Waals surface area contributed by atoms with Gasteiger partial charge in [-0.1, -0.05) is 43.5 Å². The Morgan fingerprint density at radius 2 is 1.76 bits per heavy atom. The number of carbonyl (C=O) groups is 1. The highest BCUT2D eigenvalue weighted by Gasteiger charge is 2.30. The Bertz CT molecular complexity index is 1260. The number of pyridine rings is 1. The average Bonchev–Trinajstić information content (AvgIpc) is 2.86. The van der Waals surface area contributed by atoms with E-state index < -0.39 is 10.0 Å². The van der Waals surface area contributed by atoms with E-state index in [9.17, 15) is 13.2 Å². The fraction of sp³-hybridized carbons (Fsp3) is 0.308. The molecule has 1 aromatic heterocycles. The Kier molecular flexibility index (Phi) is 7.17. The number of para-hydroxylation sites is 2. The van der Waals surface area contributed by atoms with Crippen molar-refractivity contribution in [3.63, 3.8) is 0 Å². The van der Waals surface area contributed by atoms with Gasteiger partial charge in [0.1, 0.15) is 11.6 Å². The molecule has 34 heavy (non-hydrogen) atoms. The minimum Gasteiger partial charge on any atom is -0.495 e. The summed E-state index contributed by atoms with van der Waals surface area (Å²) in [6.07, 6.45) is 6.72. The van der Waals surface area contributed by atoms with Crippen molar-refractivity contribution in [2.45, 2.75) is 50.0 Å². The van der Waals surface area contributed by atoms with Gasteiger partial charge in [0.25, 0.3) is 15.9 Å². The Morgan fingerprint density at radius 1 is 1.03 bits per heavy atom. The monoisotopic (exact) mass is 479 g/mol. The van der Waals surface area contributed by atoms with Gasteiger partial charge >= 0.3 is 0 Å². The second kappa shape index (κ2) is 10.3. The summed E-state index contributed by atoms with van der Waals surface area (Å²) in [4.78, 5) is 19.9. The van der Waals surface area contributed by atoms with Crippen LogP contribution in [-0.2, 0) is 10.0 Å². The number of nitrogens with zero attached hydrogens (tertiary/aromatic N) is 2. The fourth-order valence-electron chi connectivity index (χ4n) is 4.38. The largest absolute Gasteiger partial charge is 0.495 e. The SMILES string of the molecule is COc1ccccc1NS(=O)(=O)c1cc(C(=O)N(c2ccccn2)C2CCCCC2)ccc1C. The molecule has 0 aliphatic heterocycles. The molecule has 178 valence electrons. The topological polar surface area (TPSA) is 88.6 Å². The number of anilines is 2. The van der Waals surface area contributed by atoms with Gasteiger partial charge in [-0.25, -0.2) is 13.4 Å². The average molecular weight is 480 g/mol. The highest BCUT2D eigenvalue weighted by Crippen LogP contribution is 2.30. The summed E-state index contributed by atoms with van der Waals surface area (Å²) in [6, 6.07) is 17.1. The van der Waals surface area contributed by atoms with E-state index in [0.29, 0.717) is 28.4 Å². The molecule has 4 rings (SSSR count). The molecule has 0 bridgehead atoms. The number of ether oxygens (including phenoxy) is 1. The van der Waals surface area contributed by atoms with Gasteiger partial charge in [0.2, 0.25) is 0 Å². The number of nitrogens with one attached hydrogen (secondary N) is 1. The lowest BCUT2D eigenvalue weighted by atomic mass is 9.93. The zero-order valence-corrected chi connectivity index (χ0v) is 20.2. The van der Waals surface area contributed by atoms with Crippen LogP contribution >= 0.6 is 0 Å². The lowest BCUT2D eigenvalue weighted by Gasteiger charge is -2.33. The van der Waals surface area contributed by atoms with E-state index in [1.54, 1.807) is 54.4 Å². The van der Waals surface area contributed by atoms with Gasteiger partial charge in [-0.3, -0.25) is 14.4 Å². The first kappa shape index (κ1) is 23.8. The number of benzene rings is 2. The van der Waals surface area contributed by atoms with Crippen LogP contribution in [0.2, 0.25) is 0 Å². The summed E-state index contributed by atoms with van der Waals surface area (Å²) in [7, 11) is -2.48. The van der Waals surface area contributed by atoms with Crippen LogP contribution in [0.1, 0.15) is 48.0 Å². The molecule has 8 heteroatoms. The summed E-state index contributed by atoms with van der Waals surface area (Å²) in [5.41, 5.74) is 1.18. The van der Waals surface area contributed by atoms with Crippen molar-refractivity contribution in [1.29, 1.82) is 0 Å². The quantitative estimate of drug-likeness (QED) is 0.504. The number of methoxy groups -OCH3 is 1. The van der Waals surface area contributed by atoms with E-state index >= 15 is 0 Å². The summed E-state index contributed by atoms with van der Waals surface area (Å²) in [5, 5.41) is 0. The number of rotatable bonds is 7. The molecule has 7 nitrogen and oxygen atoms in total. The predicted molar refractivity (Wildman–Crippen MR) is 133 cm³/mol. The van der Waals surface area contributed by atoms with Gasteiger partial charge in [-0.2, -0.15) is 0 Å².